The van der Waals surface area contributed by atoms with Gasteiger partial charge in [0, 0.05) is 11.8 Å². The molecule has 0 bridgehead atoms. The van der Waals surface area contributed by atoms with E-state index in [-0.39, 0.29) is 5.69 Å². The van der Waals surface area contributed by atoms with Crippen LogP contribution in [-0.4, -0.2) is 9.78 Å². The van der Waals surface area contributed by atoms with Crippen molar-refractivity contribution in [1.29, 1.82) is 0 Å². The van der Waals surface area contributed by atoms with Crippen LogP contribution in [0.3, 0.4) is 0 Å². The molecule has 84 valence electrons. The second-order valence-electron chi connectivity index (χ2n) is 3.58. The summed E-state index contributed by atoms with van der Waals surface area (Å²) in [5.41, 5.74) is 6.85. The highest BCUT2D eigenvalue weighted by Gasteiger charge is 2.08. The summed E-state index contributed by atoms with van der Waals surface area (Å²) in [5.74, 6) is -0.397. The molecule has 2 aromatic rings. The lowest BCUT2D eigenvalue weighted by atomic mass is 10.2. The van der Waals surface area contributed by atoms with Gasteiger partial charge in [0.05, 0.1) is 22.9 Å². The summed E-state index contributed by atoms with van der Waals surface area (Å²) >= 11 is 5.86. The van der Waals surface area contributed by atoms with Crippen LogP contribution in [-0.2, 0) is 6.54 Å². The fourth-order valence-electron chi connectivity index (χ4n) is 1.47. The topological polar surface area (TPSA) is 43.8 Å². The van der Waals surface area contributed by atoms with Gasteiger partial charge >= 0.3 is 0 Å². The number of nitrogen functional groups attached to an aromatic ring is 1. The Morgan fingerprint density at radius 2 is 2.25 bits per heavy atom. The summed E-state index contributed by atoms with van der Waals surface area (Å²) in [5, 5.41) is 4.73. The number of benzene rings is 1. The van der Waals surface area contributed by atoms with Crippen molar-refractivity contribution in [2.75, 3.05) is 5.73 Å². The van der Waals surface area contributed by atoms with Crippen LogP contribution in [0.1, 0.15) is 11.3 Å². The normalized spacial score (nSPS) is 10.7. The van der Waals surface area contributed by atoms with Crippen molar-refractivity contribution in [3.8, 4) is 0 Å². The molecule has 0 unspecified atom stereocenters. The molecular weight excluding hydrogens is 229 g/mol. The summed E-state index contributed by atoms with van der Waals surface area (Å²) in [6, 6.07) is 4.92. The summed E-state index contributed by atoms with van der Waals surface area (Å²) in [6.45, 7) is 2.12. The lowest BCUT2D eigenvalue weighted by molar-refractivity contribution is 0.587. The van der Waals surface area contributed by atoms with Crippen molar-refractivity contribution in [3.63, 3.8) is 0 Å². The molecule has 2 rings (SSSR count). The minimum absolute atomic E-state index is 0.146. The van der Waals surface area contributed by atoms with E-state index in [2.05, 4.69) is 5.10 Å². The Bertz CT molecular complexity index is 502. The number of halogens is 2. The van der Waals surface area contributed by atoms with Crippen LogP contribution in [0.5, 0.6) is 0 Å². The first-order valence-electron chi connectivity index (χ1n) is 4.80. The maximum atomic E-state index is 13.6. The van der Waals surface area contributed by atoms with Gasteiger partial charge in [-0.2, -0.15) is 5.10 Å². The minimum Gasteiger partial charge on any atom is -0.396 e. The fraction of sp³-hybridized carbons (Fsp3) is 0.182. The van der Waals surface area contributed by atoms with Gasteiger partial charge in [-0.05, 0) is 13.0 Å². The Kier molecular flexibility index (Phi) is 2.83. The molecule has 1 aromatic carbocycles. The Labute approximate surface area is 97.6 Å². The maximum Gasteiger partial charge on any atom is 0.151 e. The lowest BCUT2D eigenvalue weighted by Crippen LogP contribution is -2.04. The highest BCUT2D eigenvalue weighted by atomic mass is 35.5. The molecule has 0 aliphatic heterocycles. The molecule has 0 amide bonds. The molecule has 5 heteroatoms. The molecule has 0 atom stereocenters. The quantitative estimate of drug-likeness (QED) is 0.819. The Hall–Kier alpha value is -1.55. The van der Waals surface area contributed by atoms with E-state index in [9.17, 15) is 4.39 Å². The zero-order valence-corrected chi connectivity index (χ0v) is 9.50. The van der Waals surface area contributed by atoms with Crippen molar-refractivity contribution in [1.82, 2.24) is 9.78 Å². The molecule has 1 aromatic heterocycles. The van der Waals surface area contributed by atoms with Gasteiger partial charge in [-0.25, -0.2) is 4.39 Å². The third-order valence-corrected chi connectivity index (χ3v) is 2.70. The second kappa shape index (κ2) is 4.14. The van der Waals surface area contributed by atoms with Gasteiger partial charge in [-0.15, -0.1) is 0 Å². The third kappa shape index (κ3) is 2.02. The van der Waals surface area contributed by atoms with Crippen molar-refractivity contribution in [3.05, 3.63) is 46.5 Å². The van der Waals surface area contributed by atoms with Gasteiger partial charge < -0.3 is 5.73 Å². The van der Waals surface area contributed by atoms with E-state index < -0.39 is 5.82 Å². The van der Waals surface area contributed by atoms with Crippen LogP contribution in [0, 0.1) is 12.7 Å². The van der Waals surface area contributed by atoms with Crippen LogP contribution < -0.4 is 5.73 Å². The first kappa shape index (κ1) is 11.0. The van der Waals surface area contributed by atoms with Crippen molar-refractivity contribution >= 4 is 17.3 Å². The van der Waals surface area contributed by atoms with Gasteiger partial charge in [-0.3, -0.25) is 4.68 Å². The van der Waals surface area contributed by atoms with Gasteiger partial charge in [0.2, 0.25) is 0 Å². The van der Waals surface area contributed by atoms with Crippen molar-refractivity contribution < 1.29 is 4.39 Å². The van der Waals surface area contributed by atoms with Gasteiger partial charge in [0.15, 0.2) is 5.82 Å². The lowest BCUT2D eigenvalue weighted by Gasteiger charge is -2.05. The number of nitrogens with zero attached hydrogens (tertiary/aromatic N) is 2. The molecule has 3 nitrogen and oxygen atoms in total. The summed E-state index contributed by atoms with van der Waals surface area (Å²) in [7, 11) is 0. The van der Waals surface area contributed by atoms with E-state index in [1.807, 2.05) is 0 Å². The van der Waals surface area contributed by atoms with Crippen LogP contribution in [0.2, 0.25) is 5.02 Å². The zero-order chi connectivity index (χ0) is 11.7. The number of hydrogen-bond donors (Lipinski definition) is 1. The number of hydrogen-bond acceptors (Lipinski definition) is 2. The van der Waals surface area contributed by atoms with Crippen LogP contribution in [0.4, 0.5) is 10.1 Å². The number of aromatic nitrogens is 2. The van der Waals surface area contributed by atoms with Gasteiger partial charge in [0.1, 0.15) is 0 Å². The molecule has 1 heterocycles. The Morgan fingerprint density at radius 3 is 2.88 bits per heavy atom. The molecule has 2 N–H and O–H groups in total. The molecule has 0 aliphatic rings. The summed E-state index contributed by atoms with van der Waals surface area (Å²) < 4.78 is 15.2. The SMILES string of the molecule is Cc1nn(Cc2cccc(N)c2F)cc1Cl. The number of anilines is 1. The monoisotopic (exact) mass is 239 g/mol. The van der Waals surface area contributed by atoms with Gasteiger partial charge in [-0.1, -0.05) is 23.7 Å². The zero-order valence-electron chi connectivity index (χ0n) is 8.74. The number of nitrogens with two attached hydrogens (primary N) is 1. The molecule has 0 spiro atoms. The molecule has 0 radical (unpaired) electrons. The van der Waals surface area contributed by atoms with Gasteiger partial charge in [0.25, 0.3) is 0 Å². The fourth-order valence-corrected chi connectivity index (χ4v) is 1.62. The minimum atomic E-state index is -0.397. The van der Waals surface area contributed by atoms with E-state index in [0.717, 1.165) is 5.69 Å². The first-order valence-corrected chi connectivity index (χ1v) is 5.18. The van der Waals surface area contributed by atoms with Crippen LogP contribution >= 0.6 is 11.6 Å². The average molecular weight is 240 g/mol. The third-order valence-electron chi connectivity index (χ3n) is 2.33. The highest BCUT2D eigenvalue weighted by Crippen LogP contribution is 2.17. The Balaban J connectivity index is 2.30. The molecule has 0 aliphatic carbocycles. The molecule has 0 fully saturated rings. The molecule has 0 saturated heterocycles. The summed E-state index contributed by atoms with van der Waals surface area (Å²) in [6.07, 6.45) is 1.67. The summed E-state index contributed by atoms with van der Waals surface area (Å²) in [4.78, 5) is 0. The number of rotatable bonds is 2. The number of aryl methyl sites for hydroxylation is 1. The van der Waals surface area contributed by atoms with Crippen LogP contribution in [0.25, 0.3) is 0 Å². The molecule has 16 heavy (non-hydrogen) atoms. The van der Waals surface area contributed by atoms with E-state index in [0.29, 0.717) is 17.1 Å². The predicted molar refractivity (Wildman–Crippen MR) is 61.9 cm³/mol. The Morgan fingerprint density at radius 1 is 1.50 bits per heavy atom. The standard InChI is InChI=1S/C11H11ClFN3/c1-7-9(12)6-16(15-7)5-8-3-2-4-10(14)11(8)13/h2-4,6H,5,14H2,1H3. The van der Waals surface area contributed by atoms with Crippen molar-refractivity contribution in [2.24, 2.45) is 0 Å². The average Bonchev–Trinajstić information content (AvgIpc) is 2.54. The van der Waals surface area contributed by atoms with Crippen LogP contribution in [0.15, 0.2) is 24.4 Å². The maximum absolute atomic E-state index is 13.6. The second-order valence-corrected chi connectivity index (χ2v) is 3.99. The predicted octanol–water partition coefficient (Wildman–Crippen LogP) is 2.61. The molecule has 0 saturated carbocycles. The van der Waals surface area contributed by atoms with E-state index in [1.165, 1.54) is 6.07 Å². The van der Waals surface area contributed by atoms with E-state index in [4.69, 9.17) is 17.3 Å². The first-order chi connectivity index (χ1) is 7.58. The van der Waals surface area contributed by atoms with E-state index in [1.54, 1.807) is 29.9 Å². The van der Waals surface area contributed by atoms with Crippen molar-refractivity contribution in [2.45, 2.75) is 13.5 Å². The highest BCUT2D eigenvalue weighted by molar-refractivity contribution is 6.31. The molecular formula is C11H11ClFN3. The smallest absolute Gasteiger partial charge is 0.151 e. The van der Waals surface area contributed by atoms with E-state index >= 15 is 0 Å². The largest absolute Gasteiger partial charge is 0.396 e.